The second kappa shape index (κ2) is 12.0. The number of carbonyl (C=O) groups is 1. The number of benzene rings is 2. The van der Waals surface area contributed by atoms with Gasteiger partial charge in [0.15, 0.2) is 0 Å². The van der Waals surface area contributed by atoms with Crippen molar-refractivity contribution in [3.05, 3.63) is 70.6 Å². The second-order valence-corrected chi connectivity index (χ2v) is 9.51. The Balaban J connectivity index is 1.39. The predicted octanol–water partition coefficient (Wildman–Crippen LogP) is 6.59. The first kappa shape index (κ1) is 27.7. The fourth-order valence-corrected chi connectivity index (χ4v) is 4.69. The van der Waals surface area contributed by atoms with E-state index < -0.39 is 11.7 Å². The number of ether oxygens (including phenoxy) is 2. The lowest BCUT2D eigenvalue weighted by atomic mass is 9.97. The molecule has 1 fully saturated rings. The third kappa shape index (κ3) is 6.75. The molecule has 1 aromatic heterocycles. The lowest BCUT2D eigenvalue weighted by Crippen LogP contribution is -2.38. The monoisotopic (exact) mass is 530 g/mol. The fourth-order valence-electron chi connectivity index (χ4n) is 4.69. The summed E-state index contributed by atoms with van der Waals surface area (Å²) in [5, 5.41) is 0. The van der Waals surface area contributed by atoms with Crippen LogP contribution in [0.15, 0.2) is 46.9 Å². The van der Waals surface area contributed by atoms with Crippen LogP contribution < -0.4 is 4.74 Å². The molecule has 1 aliphatic rings. The van der Waals surface area contributed by atoms with Gasteiger partial charge in [-0.25, -0.2) is 4.98 Å². The van der Waals surface area contributed by atoms with Crippen molar-refractivity contribution in [2.75, 3.05) is 19.7 Å². The number of alkyl halides is 3. The minimum Gasteiger partial charge on any atom is -0.487 e. The van der Waals surface area contributed by atoms with Crippen molar-refractivity contribution in [2.45, 2.75) is 59.4 Å². The number of carbonyl (C=O) groups excluding carboxylic acids is 1. The first-order valence-corrected chi connectivity index (χ1v) is 13.0. The number of likely N-dealkylation sites (tertiary alicyclic amines) is 1. The van der Waals surface area contributed by atoms with Crippen LogP contribution in [0.4, 0.5) is 13.2 Å². The molecule has 2 heterocycles. The molecule has 0 bridgehead atoms. The molecule has 6 nitrogen and oxygen atoms in total. The highest BCUT2D eigenvalue weighted by Crippen LogP contribution is 2.32. The summed E-state index contributed by atoms with van der Waals surface area (Å²) in [5.41, 5.74) is 2.55. The van der Waals surface area contributed by atoms with E-state index in [2.05, 4.69) is 22.9 Å². The quantitative estimate of drug-likeness (QED) is 0.291. The average Bonchev–Trinajstić information content (AvgIpc) is 3.28. The molecule has 1 saturated heterocycles. The van der Waals surface area contributed by atoms with Crippen molar-refractivity contribution in [1.29, 1.82) is 0 Å². The Hall–Kier alpha value is -3.33. The molecular formula is C29H33F3N2O4. The summed E-state index contributed by atoms with van der Waals surface area (Å²) in [4.78, 5) is 18.9. The van der Waals surface area contributed by atoms with E-state index >= 15 is 0 Å². The van der Waals surface area contributed by atoms with E-state index in [0.29, 0.717) is 30.2 Å². The van der Waals surface area contributed by atoms with Gasteiger partial charge in [-0.05, 0) is 81.1 Å². The van der Waals surface area contributed by atoms with Gasteiger partial charge < -0.3 is 13.9 Å². The van der Waals surface area contributed by atoms with Crippen LogP contribution in [-0.2, 0) is 35.3 Å². The lowest BCUT2D eigenvalue weighted by Gasteiger charge is -2.31. The second-order valence-electron chi connectivity index (χ2n) is 9.51. The summed E-state index contributed by atoms with van der Waals surface area (Å²) in [7, 11) is 0. The van der Waals surface area contributed by atoms with Crippen molar-refractivity contribution in [3.63, 3.8) is 0 Å². The van der Waals surface area contributed by atoms with Gasteiger partial charge >= 0.3 is 12.1 Å². The third-order valence-electron chi connectivity index (χ3n) is 6.75. The van der Waals surface area contributed by atoms with Crippen LogP contribution in [0.2, 0.25) is 0 Å². The van der Waals surface area contributed by atoms with Gasteiger partial charge in [0.05, 0.1) is 18.1 Å². The summed E-state index contributed by atoms with van der Waals surface area (Å²) in [6, 6.07) is 10.8. The smallest absolute Gasteiger partial charge is 0.416 e. The zero-order valence-corrected chi connectivity index (χ0v) is 21.9. The van der Waals surface area contributed by atoms with Crippen LogP contribution in [0, 0.1) is 12.8 Å². The van der Waals surface area contributed by atoms with Crippen molar-refractivity contribution in [1.82, 2.24) is 9.88 Å². The van der Waals surface area contributed by atoms with E-state index in [1.807, 2.05) is 19.1 Å². The highest BCUT2D eigenvalue weighted by Gasteiger charge is 2.30. The first-order chi connectivity index (χ1) is 18.2. The van der Waals surface area contributed by atoms with Gasteiger partial charge in [-0.15, -0.1) is 0 Å². The van der Waals surface area contributed by atoms with Gasteiger partial charge in [0, 0.05) is 18.7 Å². The van der Waals surface area contributed by atoms with Gasteiger partial charge in [0.1, 0.15) is 23.8 Å². The Kier molecular flexibility index (Phi) is 8.76. The molecule has 0 N–H and O–H groups in total. The molecule has 0 aliphatic carbocycles. The maximum Gasteiger partial charge on any atom is 0.416 e. The number of esters is 1. The van der Waals surface area contributed by atoms with E-state index in [-0.39, 0.29) is 24.4 Å². The van der Waals surface area contributed by atoms with Crippen LogP contribution in [0.1, 0.15) is 54.8 Å². The zero-order valence-electron chi connectivity index (χ0n) is 21.9. The number of nitrogens with zero attached hydrogens (tertiary/aromatic N) is 2. The zero-order chi connectivity index (χ0) is 27.3. The first-order valence-electron chi connectivity index (χ1n) is 13.0. The van der Waals surface area contributed by atoms with Crippen molar-refractivity contribution < 1.29 is 31.9 Å². The summed E-state index contributed by atoms with van der Waals surface area (Å²) in [5.74, 6) is 1.37. The number of oxazole rings is 1. The third-order valence-corrected chi connectivity index (χ3v) is 6.75. The molecule has 2 aromatic carbocycles. The van der Waals surface area contributed by atoms with Crippen molar-refractivity contribution in [2.24, 2.45) is 5.92 Å². The SMILES string of the molecule is CCOC(=O)C1CCCN(Cc2ccc(OCc3nc(-c4ccc(C(F)(F)F)cc4)oc3C)c(CC)c2)C1. The number of hydrogen-bond acceptors (Lipinski definition) is 6. The summed E-state index contributed by atoms with van der Waals surface area (Å²) in [6.45, 7) is 8.63. The van der Waals surface area contributed by atoms with Gasteiger partial charge in [-0.2, -0.15) is 13.2 Å². The van der Waals surface area contributed by atoms with Crippen LogP contribution >= 0.6 is 0 Å². The Morgan fingerprint density at radius 3 is 2.61 bits per heavy atom. The number of piperidine rings is 1. The summed E-state index contributed by atoms with van der Waals surface area (Å²) >= 11 is 0. The molecule has 0 radical (unpaired) electrons. The van der Waals surface area contributed by atoms with Crippen LogP contribution in [0.3, 0.4) is 0 Å². The molecule has 204 valence electrons. The van der Waals surface area contributed by atoms with E-state index in [4.69, 9.17) is 13.9 Å². The average molecular weight is 531 g/mol. The predicted molar refractivity (Wildman–Crippen MR) is 136 cm³/mol. The van der Waals surface area contributed by atoms with E-state index in [9.17, 15) is 18.0 Å². The Labute approximate surface area is 220 Å². The number of aromatic nitrogens is 1. The van der Waals surface area contributed by atoms with Gasteiger partial charge in [-0.3, -0.25) is 9.69 Å². The van der Waals surface area contributed by atoms with Gasteiger partial charge in [0.25, 0.3) is 0 Å². The van der Waals surface area contributed by atoms with E-state index in [0.717, 1.165) is 61.4 Å². The van der Waals surface area contributed by atoms with Gasteiger partial charge in [-0.1, -0.05) is 19.1 Å². The maximum atomic E-state index is 12.9. The van der Waals surface area contributed by atoms with Crippen LogP contribution in [0.25, 0.3) is 11.5 Å². The van der Waals surface area contributed by atoms with Crippen molar-refractivity contribution >= 4 is 5.97 Å². The molecule has 4 rings (SSSR count). The Morgan fingerprint density at radius 2 is 1.92 bits per heavy atom. The largest absolute Gasteiger partial charge is 0.487 e. The normalized spacial score (nSPS) is 16.4. The molecule has 1 atom stereocenters. The van der Waals surface area contributed by atoms with Crippen LogP contribution in [-0.4, -0.2) is 35.5 Å². The highest BCUT2D eigenvalue weighted by atomic mass is 19.4. The van der Waals surface area contributed by atoms with E-state index in [1.165, 1.54) is 12.1 Å². The standard InChI is InChI=1S/C29H33F3N2O4/c1-4-21-15-20(16-34-14-6-7-23(17-34)28(35)36-5-2)8-13-26(21)37-18-25-19(3)38-27(33-25)22-9-11-24(12-10-22)29(30,31)32/h8-13,15,23H,4-7,14,16-18H2,1-3H3. The molecule has 1 unspecified atom stereocenters. The Morgan fingerprint density at radius 1 is 1.16 bits per heavy atom. The topological polar surface area (TPSA) is 64.8 Å². The Bertz CT molecular complexity index is 1240. The molecule has 0 amide bonds. The molecule has 9 heteroatoms. The number of rotatable bonds is 9. The molecular weight excluding hydrogens is 497 g/mol. The van der Waals surface area contributed by atoms with Crippen LogP contribution in [0.5, 0.6) is 5.75 Å². The molecule has 0 saturated carbocycles. The maximum absolute atomic E-state index is 12.9. The summed E-state index contributed by atoms with van der Waals surface area (Å²) in [6.07, 6.45) is -1.78. The molecule has 38 heavy (non-hydrogen) atoms. The van der Waals surface area contributed by atoms with Crippen molar-refractivity contribution in [3.8, 4) is 17.2 Å². The fraction of sp³-hybridized carbons (Fsp3) is 0.448. The molecule has 3 aromatic rings. The minimum atomic E-state index is -4.39. The minimum absolute atomic E-state index is 0.0740. The highest BCUT2D eigenvalue weighted by molar-refractivity contribution is 5.72. The molecule has 0 spiro atoms. The number of hydrogen-bond donors (Lipinski definition) is 0. The van der Waals surface area contributed by atoms with E-state index in [1.54, 1.807) is 6.92 Å². The lowest BCUT2D eigenvalue weighted by molar-refractivity contribution is -0.150. The summed E-state index contributed by atoms with van der Waals surface area (Å²) < 4.78 is 55.6. The molecule has 1 aliphatic heterocycles. The number of aryl methyl sites for hydroxylation is 2. The van der Waals surface area contributed by atoms with Gasteiger partial charge in [0.2, 0.25) is 5.89 Å². The number of halogens is 3.